The highest BCUT2D eigenvalue weighted by molar-refractivity contribution is 5.26. The van der Waals surface area contributed by atoms with Gasteiger partial charge >= 0.3 is 0 Å². The van der Waals surface area contributed by atoms with Crippen LogP contribution in [-0.2, 0) is 0 Å². The quantitative estimate of drug-likeness (QED) is 0.727. The summed E-state index contributed by atoms with van der Waals surface area (Å²) in [5, 5.41) is 0. The average Bonchev–Trinajstić information content (AvgIpc) is 2.81. The van der Waals surface area contributed by atoms with Crippen LogP contribution in [0.5, 0.6) is 0 Å². The van der Waals surface area contributed by atoms with Gasteiger partial charge in [0.25, 0.3) is 0 Å². The minimum absolute atomic E-state index is 0.458. The Bertz CT molecular complexity index is 390. The van der Waals surface area contributed by atoms with E-state index in [1.165, 1.54) is 37.9 Å². The molecule has 0 aliphatic carbocycles. The maximum absolute atomic E-state index is 4.30. The van der Waals surface area contributed by atoms with Gasteiger partial charge in [0.2, 0.25) is 0 Å². The first-order chi connectivity index (χ1) is 8.38. The van der Waals surface area contributed by atoms with Gasteiger partial charge in [-0.1, -0.05) is 0 Å². The highest BCUT2D eigenvalue weighted by Crippen LogP contribution is 2.36. The molecule has 1 aromatic heterocycles. The highest BCUT2D eigenvalue weighted by Gasteiger charge is 2.38. The Morgan fingerprint density at radius 1 is 1.24 bits per heavy atom. The predicted octanol–water partition coefficient (Wildman–Crippen LogP) is 2.10. The molecule has 0 aromatic carbocycles. The monoisotopic (exact) mass is 229 g/mol. The molecule has 3 unspecified atom stereocenters. The van der Waals surface area contributed by atoms with Gasteiger partial charge < -0.3 is 0 Å². The Morgan fingerprint density at radius 3 is 2.76 bits per heavy atom. The third kappa shape index (κ3) is 2.00. The second-order valence-corrected chi connectivity index (χ2v) is 5.14. The van der Waals surface area contributed by atoms with Crippen LogP contribution in [-0.4, -0.2) is 41.8 Å². The summed E-state index contributed by atoms with van der Waals surface area (Å²) < 4.78 is 0. The van der Waals surface area contributed by atoms with Crippen LogP contribution in [0, 0.1) is 0 Å². The predicted molar refractivity (Wildman–Crippen MR) is 69.5 cm³/mol. The van der Waals surface area contributed by atoms with Crippen molar-refractivity contribution in [1.82, 2.24) is 9.88 Å². The van der Waals surface area contributed by atoms with E-state index >= 15 is 0 Å². The van der Waals surface area contributed by atoms with Gasteiger partial charge in [-0.05, 0) is 56.1 Å². The van der Waals surface area contributed by atoms with Crippen molar-refractivity contribution >= 4 is 6.72 Å². The molecule has 2 saturated heterocycles. The number of piperidine rings is 1. The molecule has 1 aromatic rings. The number of rotatable bonds is 2. The van der Waals surface area contributed by atoms with Crippen LogP contribution < -0.4 is 0 Å². The number of hydrogen-bond donors (Lipinski definition) is 0. The Hall–Kier alpha value is -1.22. The molecule has 3 heterocycles. The minimum Gasteiger partial charge on any atom is -0.298 e. The van der Waals surface area contributed by atoms with Crippen molar-refractivity contribution < 1.29 is 0 Å². The summed E-state index contributed by atoms with van der Waals surface area (Å²) in [7, 11) is 0. The topological polar surface area (TPSA) is 28.5 Å². The van der Waals surface area contributed by atoms with Crippen molar-refractivity contribution in [3.05, 3.63) is 30.1 Å². The van der Waals surface area contributed by atoms with E-state index in [0.717, 1.165) is 0 Å². The zero-order chi connectivity index (χ0) is 11.7. The number of pyridine rings is 1. The Labute approximate surface area is 103 Å². The summed E-state index contributed by atoms with van der Waals surface area (Å²) in [6.45, 7) is 6.16. The lowest BCUT2D eigenvalue weighted by molar-refractivity contribution is 0.173. The summed E-state index contributed by atoms with van der Waals surface area (Å²) in [5.41, 5.74) is 1.44. The fraction of sp³-hybridized carbons (Fsp3) is 0.571. The maximum Gasteiger partial charge on any atom is 0.0660 e. The van der Waals surface area contributed by atoms with E-state index in [1.807, 2.05) is 12.4 Å². The zero-order valence-corrected chi connectivity index (χ0v) is 10.1. The molecule has 17 heavy (non-hydrogen) atoms. The molecular weight excluding hydrogens is 210 g/mol. The molecule has 0 radical (unpaired) electrons. The lowest BCUT2D eigenvalue weighted by atomic mass is 9.85. The molecule has 3 heteroatoms. The summed E-state index contributed by atoms with van der Waals surface area (Å²) in [6.07, 6.45) is 7.49. The summed E-state index contributed by atoms with van der Waals surface area (Å²) in [5.74, 6) is 0.682. The normalized spacial score (nSPS) is 33.3. The van der Waals surface area contributed by atoms with Crippen LogP contribution >= 0.6 is 0 Å². The molecule has 3 rings (SSSR count). The van der Waals surface area contributed by atoms with E-state index in [-0.39, 0.29) is 0 Å². The first kappa shape index (κ1) is 10.9. The lowest BCUT2D eigenvalue weighted by Crippen LogP contribution is -2.41. The van der Waals surface area contributed by atoms with E-state index in [0.29, 0.717) is 18.0 Å². The molecule has 0 amide bonds. The Morgan fingerprint density at radius 2 is 2.00 bits per heavy atom. The van der Waals surface area contributed by atoms with E-state index in [1.54, 1.807) is 0 Å². The molecule has 2 fully saturated rings. The van der Waals surface area contributed by atoms with Crippen molar-refractivity contribution in [2.24, 2.45) is 4.99 Å². The SMILES string of the molecule is C=NC1CCN2CCC(c3ccncc3)CC12. The molecule has 90 valence electrons. The van der Waals surface area contributed by atoms with Crippen LogP contribution in [0.4, 0.5) is 0 Å². The van der Waals surface area contributed by atoms with Crippen molar-refractivity contribution in [3.8, 4) is 0 Å². The van der Waals surface area contributed by atoms with Gasteiger partial charge in [-0.25, -0.2) is 0 Å². The van der Waals surface area contributed by atoms with Gasteiger partial charge in [0.1, 0.15) is 0 Å². The molecule has 3 atom stereocenters. The lowest BCUT2D eigenvalue weighted by Gasteiger charge is -2.36. The number of hydrogen-bond acceptors (Lipinski definition) is 3. The first-order valence-electron chi connectivity index (χ1n) is 6.48. The smallest absolute Gasteiger partial charge is 0.0660 e. The molecular formula is C14H19N3. The van der Waals surface area contributed by atoms with Crippen molar-refractivity contribution in [3.63, 3.8) is 0 Å². The minimum atomic E-state index is 0.458. The zero-order valence-electron chi connectivity index (χ0n) is 10.1. The summed E-state index contributed by atoms with van der Waals surface area (Å²) in [4.78, 5) is 11.0. The van der Waals surface area contributed by atoms with Gasteiger partial charge in [-0.2, -0.15) is 0 Å². The van der Waals surface area contributed by atoms with E-state index in [2.05, 4.69) is 33.7 Å². The van der Waals surface area contributed by atoms with Crippen LogP contribution in [0.25, 0.3) is 0 Å². The molecule has 0 saturated carbocycles. The maximum atomic E-state index is 4.30. The van der Waals surface area contributed by atoms with Crippen LogP contribution in [0.1, 0.15) is 30.7 Å². The third-order valence-electron chi connectivity index (χ3n) is 4.33. The van der Waals surface area contributed by atoms with Gasteiger partial charge in [-0.15, -0.1) is 0 Å². The Balaban J connectivity index is 1.76. The first-order valence-corrected chi connectivity index (χ1v) is 6.48. The molecule has 0 spiro atoms. The van der Waals surface area contributed by atoms with Crippen LogP contribution in [0.15, 0.2) is 29.5 Å². The highest BCUT2D eigenvalue weighted by atomic mass is 15.2. The average molecular weight is 229 g/mol. The molecule has 0 bridgehead atoms. The second kappa shape index (κ2) is 4.57. The van der Waals surface area contributed by atoms with Gasteiger partial charge in [0, 0.05) is 25.0 Å². The van der Waals surface area contributed by atoms with Gasteiger partial charge in [-0.3, -0.25) is 14.9 Å². The largest absolute Gasteiger partial charge is 0.298 e. The summed E-state index contributed by atoms with van der Waals surface area (Å²) in [6, 6.07) is 5.40. The van der Waals surface area contributed by atoms with Gasteiger partial charge in [0.15, 0.2) is 0 Å². The Kier molecular flexibility index (Phi) is 2.93. The summed E-state index contributed by atoms with van der Waals surface area (Å²) >= 11 is 0. The van der Waals surface area contributed by atoms with E-state index in [4.69, 9.17) is 0 Å². The number of fused-ring (bicyclic) bond motifs is 1. The molecule has 0 N–H and O–H groups in total. The molecule has 3 nitrogen and oxygen atoms in total. The van der Waals surface area contributed by atoms with Gasteiger partial charge in [0.05, 0.1) is 6.04 Å². The molecule has 2 aliphatic heterocycles. The van der Waals surface area contributed by atoms with Crippen LogP contribution in [0.3, 0.4) is 0 Å². The number of nitrogens with zero attached hydrogens (tertiary/aromatic N) is 3. The second-order valence-electron chi connectivity index (χ2n) is 5.14. The van der Waals surface area contributed by atoms with Crippen molar-refractivity contribution in [2.45, 2.75) is 37.3 Å². The fourth-order valence-corrected chi connectivity index (χ4v) is 3.37. The van der Waals surface area contributed by atoms with E-state index in [9.17, 15) is 0 Å². The number of aromatic nitrogens is 1. The molecule has 2 aliphatic rings. The van der Waals surface area contributed by atoms with Crippen LogP contribution in [0.2, 0.25) is 0 Å². The number of aliphatic imine (C=N–C) groups is 1. The van der Waals surface area contributed by atoms with Crippen molar-refractivity contribution in [2.75, 3.05) is 13.1 Å². The van der Waals surface area contributed by atoms with E-state index < -0.39 is 0 Å². The third-order valence-corrected chi connectivity index (χ3v) is 4.33. The standard InChI is InChI=1S/C14H19N3/c1-15-13-5-9-17-8-4-12(10-14(13)17)11-2-6-16-7-3-11/h2-3,6-7,12-14H,1,4-5,8-10H2. The van der Waals surface area contributed by atoms with Crippen molar-refractivity contribution in [1.29, 1.82) is 0 Å². The fourth-order valence-electron chi connectivity index (χ4n) is 3.37.